The SMILES string of the molecule is C#CCCN(CCCCC1[B]C1)CC(O)Cn1ccnc1[N+](=O)[O-]. The highest BCUT2D eigenvalue weighted by Crippen LogP contribution is 2.32. The summed E-state index contributed by atoms with van der Waals surface area (Å²) in [6.07, 6.45) is 12.9. The number of hydrogen-bond acceptors (Lipinski definition) is 5. The number of hydrogen-bond donors (Lipinski definition) is 1. The first-order chi connectivity index (χ1) is 11.6. The van der Waals surface area contributed by atoms with E-state index in [1.807, 2.05) is 0 Å². The van der Waals surface area contributed by atoms with E-state index in [9.17, 15) is 15.2 Å². The normalized spacial score (nSPS) is 17.3. The summed E-state index contributed by atoms with van der Waals surface area (Å²) >= 11 is 0. The lowest BCUT2D eigenvalue weighted by Gasteiger charge is -2.24. The molecule has 0 saturated carbocycles. The molecule has 1 aliphatic heterocycles. The first kappa shape index (κ1) is 18.5. The minimum Gasteiger partial charge on any atom is -0.390 e. The minimum atomic E-state index is -0.701. The van der Waals surface area contributed by atoms with Crippen molar-refractivity contribution in [1.29, 1.82) is 0 Å². The summed E-state index contributed by atoms with van der Waals surface area (Å²) in [4.78, 5) is 16.2. The fourth-order valence-electron chi connectivity index (χ4n) is 2.79. The van der Waals surface area contributed by atoms with Crippen LogP contribution in [0.2, 0.25) is 12.1 Å². The molecule has 2 rings (SSSR count). The van der Waals surface area contributed by atoms with Gasteiger partial charge in [0.25, 0.3) is 0 Å². The van der Waals surface area contributed by atoms with E-state index in [-0.39, 0.29) is 12.5 Å². The molecule has 8 heteroatoms. The summed E-state index contributed by atoms with van der Waals surface area (Å²) in [6, 6.07) is 0. The second kappa shape index (κ2) is 9.45. The summed E-state index contributed by atoms with van der Waals surface area (Å²) in [5.41, 5.74) is 0. The van der Waals surface area contributed by atoms with Crippen molar-refractivity contribution in [2.45, 2.75) is 50.5 Å². The van der Waals surface area contributed by atoms with Crippen molar-refractivity contribution in [3.8, 4) is 12.3 Å². The zero-order valence-corrected chi connectivity index (χ0v) is 13.9. The predicted molar refractivity (Wildman–Crippen MR) is 92.9 cm³/mol. The topological polar surface area (TPSA) is 84.4 Å². The molecule has 0 aromatic carbocycles. The molecule has 7 nitrogen and oxygen atoms in total. The molecule has 2 unspecified atom stereocenters. The lowest BCUT2D eigenvalue weighted by Crippen LogP contribution is -2.36. The molecule has 0 amide bonds. The van der Waals surface area contributed by atoms with Crippen LogP contribution in [0, 0.1) is 22.5 Å². The van der Waals surface area contributed by atoms with Crippen LogP contribution >= 0.6 is 0 Å². The standard InChI is InChI=1S/C16H24BN4O3/c1-2-3-8-19(9-5-4-6-14-11-17-14)12-15(22)13-20-10-7-18-16(20)21(23)24/h1,7,10,14-15,22H,3-6,8-9,11-13H2. The van der Waals surface area contributed by atoms with Gasteiger partial charge in [-0.25, -0.2) is 4.57 Å². The Labute approximate surface area is 143 Å². The van der Waals surface area contributed by atoms with Gasteiger partial charge in [0.1, 0.15) is 19.7 Å². The molecule has 2 heterocycles. The lowest BCUT2D eigenvalue weighted by molar-refractivity contribution is -0.397. The number of terminal acetylenes is 1. The minimum absolute atomic E-state index is 0.153. The number of nitro groups is 1. The van der Waals surface area contributed by atoms with Crippen LogP contribution in [0.25, 0.3) is 0 Å². The maximum Gasteiger partial charge on any atom is 0.434 e. The van der Waals surface area contributed by atoms with E-state index < -0.39 is 11.0 Å². The Morgan fingerprint density at radius 2 is 2.38 bits per heavy atom. The highest BCUT2D eigenvalue weighted by Gasteiger charge is 2.22. The van der Waals surface area contributed by atoms with Gasteiger partial charge in [-0.15, -0.1) is 12.3 Å². The highest BCUT2D eigenvalue weighted by atomic mass is 16.6. The van der Waals surface area contributed by atoms with Crippen molar-refractivity contribution in [1.82, 2.24) is 14.5 Å². The molecular weight excluding hydrogens is 307 g/mol. The number of rotatable bonds is 12. The molecule has 0 bridgehead atoms. The molecule has 1 N–H and O–H groups in total. The van der Waals surface area contributed by atoms with Gasteiger partial charge >= 0.3 is 5.95 Å². The molecule has 2 atom stereocenters. The summed E-state index contributed by atoms with van der Waals surface area (Å²) in [5.74, 6) is 3.20. The van der Waals surface area contributed by atoms with E-state index in [1.165, 1.54) is 36.1 Å². The summed E-state index contributed by atoms with van der Waals surface area (Å²) in [7, 11) is 2.33. The van der Waals surface area contributed by atoms with Crippen LogP contribution in [0.3, 0.4) is 0 Å². The van der Waals surface area contributed by atoms with Gasteiger partial charge in [-0.2, -0.15) is 0 Å². The van der Waals surface area contributed by atoms with Crippen molar-refractivity contribution < 1.29 is 10.0 Å². The molecule has 1 radical (unpaired) electrons. The summed E-state index contributed by atoms with van der Waals surface area (Å²) in [5, 5.41) is 21.2. The number of unbranched alkanes of at least 4 members (excludes halogenated alkanes) is 1. The molecule has 1 aliphatic rings. The monoisotopic (exact) mass is 331 g/mol. The lowest BCUT2D eigenvalue weighted by atomic mass is 9.98. The third-order valence-corrected chi connectivity index (χ3v) is 4.17. The van der Waals surface area contributed by atoms with Crippen LogP contribution in [-0.2, 0) is 6.54 Å². The first-order valence-electron chi connectivity index (χ1n) is 8.43. The van der Waals surface area contributed by atoms with Gasteiger partial charge in [0.15, 0.2) is 0 Å². The zero-order chi connectivity index (χ0) is 17.4. The molecule has 1 saturated heterocycles. The number of aliphatic hydroxyl groups excluding tert-OH is 1. The number of nitrogens with zero attached hydrogens (tertiary/aromatic N) is 4. The Bertz CT molecular complexity index is 568. The second-order valence-electron chi connectivity index (χ2n) is 6.27. The first-order valence-corrected chi connectivity index (χ1v) is 8.43. The Morgan fingerprint density at radius 3 is 3.04 bits per heavy atom. The largest absolute Gasteiger partial charge is 0.434 e. The zero-order valence-electron chi connectivity index (χ0n) is 13.9. The van der Waals surface area contributed by atoms with Crippen LogP contribution in [0.15, 0.2) is 12.4 Å². The number of aliphatic hydroxyl groups is 1. The van der Waals surface area contributed by atoms with E-state index in [0.29, 0.717) is 13.0 Å². The smallest absolute Gasteiger partial charge is 0.390 e. The molecular formula is C16H24BN4O3. The highest BCUT2D eigenvalue weighted by molar-refractivity contribution is 6.50. The third-order valence-electron chi connectivity index (χ3n) is 4.17. The maximum atomic E-state index is 10.9. The average Bonchev–Trinajstić information content (AvgIpc) is 3.25. The van der Waals surface area contributed by atoms with Gasteiger partial charge in [0.05, 0.1) is 12.6 Å². The van der Waals surface area contributed by atoms with Gasteiger partial charge in [0.2, 0.25) is 0 Å². The Morgan fingerprint density at radius 1 is 1.58 bits per heavy atom. The molecule has 129 valence electrons. The van der Waals surface area contributed by atoms with Crippen molar-refractivity contribution in [3.05, 3.63) is 22.5 Å². The fourth-order valence-corrected chi connectivity index (χ4v) is 2.79. The quantitative estimate of drug-likeness (QED) is 0.207. The Hall–Kier alpha value is -1.85. The van der Waals surface area contributed by atoms with E-state index in [0.717, 1.165) is 25.3 Å². The van der Waals surface area contributed by atoms with Crippen LogP contribution in [0.5, 0.6) is 0 Å². The van der Waals surface area contributed by atoms with Gasteiger partial charge in [-0.3, -0.25) is 4.90 Å². The van der Waals surface area contributed by atoms with Crippen molar-refractivity contribution in [3.63, 3.8) is 0 Å². The fraction of sp³-hybridized carbons (Fsp3) is 0.688. The van der Waals surface area contributed by atoms with E-state index in [1.54, 1.807) is 0 Å². The molecule has 0 spiro atoms. The molecule has 1 aromatic rings. The predicted octanol–water partition coefficient (Wildman–Crippen LogP) is 1.57. The van der Waals surface area contributed by atoms with Gasteiger partial charge < -0.3 is 15.2 Å². The van der Waals surface area contributed by atoms with E-state index >= 15 is 0 Å². The average molecular weight is 331 g/mol. The van der Waals surface area contributed by atoms with Crippen LogP contribution in [-0.4, -0.2) is 57.5 Å². The van der Waals surface area contributed by atoms with Crippen LogP contribution in [0.1, 0.15) is 25.7 Å². The number of imidazole rings is 1. The van der Waals surface area contributed by atoms with Gasteiger partial charge in [-0.05, 0) is 17.9 Å². The van der Waals surface area contributed by atoms with Crippen molar-refractivity contribution >= 4 is 13.2 Å². The van der Waals surface area contributed by atoms with Crippen molar-refractivity contribution in [2.75, 3.05) is 19.6 Å². The summed E-state index contributed by atoms with van der Waals surface area (Å²) < 4.78 is 1.37. The molecule has 24 heavy (non-hydrogen) atoms. The number of aromatic nitrogens is 2. The summed E-state index contributed by atoms with van der Waals surface area (Å²) in [6.45, 7) is 2.22. The second-order valence-corrected chi connectivity index (χ2v) is 6.27. The molecule has 1 aromatic heterocycles. The van der Waals surface area contributed by atoms with Crippen molar-refractivity contribution in [2.24, 2.45) is 0 Å². The van der Waals surface area contributed by atoms with Crippen LogP contribution < -0.4 is 0 Å². The Kier molecular flexibility index (Phi) is 7.28. The third kappa shape index (κ3) is 6.34. The maximum absolute atomic E-state index is 10.9. The van der Waals surface area contributed by atoms with E-state index in [4.69, 9.17) is 6.42 Å². The van der Waals surface area contributed by atoms with Gasteiger partial charge in [0, 0.05) is 19.5 Å². The van der Waals surface area contributed by atoms with Gasteiger partial charge in [-0.1, -0.05) is 30.0 Å². The Balaban J connectivity index is 1.78. The van der Waals surface area contributed by atoms with E-state index in [2.05, 4.69) is 23.1 Å². The van der Waals surface area contributed by atoms with Crippen LogP contribution in [0.4, 0.5) is 5.95 Å². The molecule has 0 aliphatic carbocycles. The molecule has 1 fully saturated rings.